The van der Waals surface area contributed by atoms with Crippen LogP contribution < -0.4 is 14.8 Å². The van der Waals surface area contributed by atoms with Crippen molar-refractivity contribution in [2.24, 2.45) is 0 Å². The molecule has 0 atom stereocenters. The number of rotatable bonds is 9. The van der Waals surface area contributed by atoms with Crippen molar-refractivity contribution in [3.05, 3.63) is 95.0 Å². The Hall–Kier alpha value is -4.38. The second kappa shape index (κ2) is 15.6. The number of piperidine rings is 1. The van der Waals surface area contributed by atoms with Crippen LogP contribution in [0.25, 0.3) is 6.08 Å². The number of hydrogen-bond acceptors (Lipinski definition) is 7. The largest absolute Gasteiger partial charge is 0.497 e. The molecule has 222 valence electrons. The van der Waals surface area contributed by atoms with Gasteiger partial charge in [0.1, 0.15) is 18.1 Å². The molecule has 0 saturated carbocycles. The number of anilines is 1. The number of benzene rings is 3. The number of nitrogens with zero attached hydrogens (tertiary/aromatic N) is 1. The van der Waals surface area contributed by atoms with Gasteiger partial charge >= 0.3 is 11.9 Å². The molecule has 1 heterocycles. The Morgan fingerprint density at radius 1 is 0.952 bits per heavy atom. The van der Waals surface area contributed by atoms with Crippen LogP contribution in [0, 0.1) is 0 Å². The van der Waals surface area contributed by atoms with Crippen molar-refractivity contribution in [1.29, 1.82) is 0 Å². The number of carboxylic acids is 2. The highest BCUT2D eigenvalue weighted by Gasteiger charge is 2.33. The summed E-state index contributed by atoms with van der Waals surface area (Å²) in [4.78, 5) is 32.9. The zero-order valence-corrected chi connectivity index (χ0v) is 23.8. The number of carbonyl (C=O) groups is 3. The van der Waals surface area contributed by atoms with Gasteiger partial charge in [-0.15, -0.1) is 0 Å². The summed E-state index contributed by atoms with van der Waals surface area (Å²) in [6.45, 7) is 2.82. The van der Waals surface area contributed by atoms with Crippen LogP contribution in [0.5, 0.6) is 11.5 Å². The molecule has 11 heteroatoms. The van der Waals surface area contributed by atoms with Gasteiger partial charge in [-0.1, -0.05) is 60.1 Å². The number of methoxy groups -OCH3 is 1. The fraction of sp³-hybridized carbons (Fsp3) is 0.258. The van der Waals surface area contributed by atoms with E-state index >= 15 is 0 Å². The van der Waals surface area contributed by atoms with Crippen molar-refractivity contribution in [1.82, 2.24) is 4.90 Å². The molecule has 1 saturated heterocycles. The van der Waals surface area contributed by atoms with Gasteiger partial charge in [0.05, 0.1) is 12.7 Å². The molecule has 4 N–H and O–H groups in total. The second-order valence-electron chi connectivity index (χ2n) is 9.44. The van der Waals surface area contributed by atoms with Gasteiger partial charge in [0.2, 0.25) is 5.91 Å². The van der Waals surface area contributed by atoms with Crippen molar-refractivity contribution >= 4 is 41.2 Å². The van der Waals surface area contributed by atoms with Crippen LogP contribution in [0.4, 0.5) is 5.69 Å². The van der Waals surface area contributed by atoms with Crippen LogP contribution in [0.15, 0.2) is 78.9 Å². The average molecular weight is 597 g/mol. The first-order valence-corrected chi connectivity index (χ1v) is 13.5. The number of nitrogens with one attached hydrogen (secondary N) is 1. The fourth-order valence-corrected chi connectivity index (χ4v) is 4.48. The van der Waals surface area contributed by atoms with E-state index in [-0.39, 0.29) is 5.91 Å². The first-order chi connectivity index (χ1) is 20.1. The second-order valence-corrected chi connectivity index (χ2v) is 9.85. The van der Waals surface area contributed by atoms with Crippen molar-refractivity contribution in [3.8, 4) is 11.5 Å². The minimum Gasteiger partial charge on any atom is -0.497 e. The van der Waals surface area contributed by atoms with E-state index < -0.39 is 17.5 Å². The van der Waals surface area contributed by atoms with Gasteiger partial charge in [0.25, 0.3) is 0 Å². The topological polar surface area (TPSA) is 146 Å². The highest BCUT2D eigenvalue weighted by Crippen LogP contribution is 2.32. The molecule has 3 aromatic rings. The number of aliphatic hydroxyl groups is 1. The third-order valence-electron chi connectivity index (χ3n) is 6.56. The Bertz CT molecular complexity index is 1380. The van der Waals surface area contributed by atoms with Crippen LogP contribution in [0.1, 0.15) is 24.0 Å². The van der Waals surface area contributed by atoms with Gasteiger partial charge in [-0.05, 0) is 36.1 Å². The molecule has 0 spiro atoms. The van der Waals surface area contributed by atoms with Crippen LogP contribution in [-0.4, -0.2) is 71.4 Å². The number of likely N-dealkylation sites (tertiary alicyclic amines) is 1. The molecule has 0 aliphatic carbocycles. The van der Waals surface area contributed by atoms with Gasteiger partial charge < -0.3 is 30.1 Å². The number of halogens is 1. The maximum Gasteiger partial charge on any atom is 0.414 e. The van der Waals surface area contributed by atoms with Gasteiger partial charge in [-0.2, -0.15) is 0 Å². The molecule has 42 heavy (non-hydrogen) atoms. The predicted octanol–water partition coefficient (Wildman–Crippen LogP) is 4.52. The Morgan fingerprint density at radius 2 is 1.57 bits per heavy atom. The Balaban J connectivity index is 0.000000730. The molecular weight excluding hydrogens is 564 g/mol. The maximum atomic E-state index is 12.4. The molecular formula is C31H33ClN2O8. The number of ether oxygens (including phenoxy) is 2. The van der Waals surface area contributed by atoms with Gasteiger partial charge in [-0.25, -0.2) is 9.59 Å². The first-order valence-electron chi connectivity index (χ1n) is 13.1. The monoisotopic (exact) mass is 596 g/mol. The normalized spacial score (nSPS) is 14.4. The molecule has 0 unspecified atom stereocenters. The molecule has 0 radical (unpaired) electrons. The van der Waals surface area contributed by atoms with Crippen molar-refractivity contribution in [2.75, 3.05) is 38.7 Å². The molecule has 3 aromatic carbocycles. The quantitative estimate of drug-likeness (QED) is 0.207. The zero-order chi connectivity index (χ0) is 30.5. The predicted molar refractivity (Wildman–Crippen MR) is 159 cm³/mol. The average Bonchev–Trinajstić information content (AvgIpc) is 2.98. The lowest BCUT2D eigenvalue weighted by Gasteiger charge is -2.38. The van der Waals surface area contributed by atoms with E-state index in [0.717, 1.165) is 30.8 Å². The Labute approximate surface area is 248 Å². The molecule has 1 amide bonds. The number of carboxylic acid groups (broad SMARTS) is 2. The van der Waals surface area contributed by atoms with E-state index in [1.54, 1.807) is 37.5 Å². The number of carbonyl (C=O) groups excluding carboxylic acids is 1. The van der Waals surface area contributed by atoms with Gasteiger partial charge in [0.15, 0.2) is 0 Å². The third kappa shape index (κ3) is 9.91. The van der Waals surface area contributed by atoms with E-state index in [9.17, 15) is 9.90 Å². The standard InChI is InChI=1S/C29H31ClN2O4.C2H2O4/c1-35-25-19-24(31-28(33)12-11-22-7-5-6-10-27(22)30)20-26(21-25)36-18-17-32-15-13-29(34,14-16-32)23-8-3-2-4-9-23;3-1(4)2(5)6/h2-12,19-21,34H,13-18H2,1H3,(H,31,33);(H,3,4)(H,5,6)/b12-11+;. The summed E-state index contributed by atoms with van der Waals surface area (Å²) < 4.78 is 11.4. The van der Waals surface area contributed by atoms with Crippen molar-refractivity contribution < 1.29 is 39.2 Å². The lowest BCUT2D eigenvalue weighted by molar-refractivity contribution is -0.159. The van der Waals surface area contributed by atoms with E-state index in [1.807, 2.05) is 48.5 Å². The number of hydrogen-bond donors (Lipinski definition) is 4. The van der Waals surface area contributed by atoms with Crippen LogP contribution in [0.3, 0.4) is 0 Å². The summed E-state index contributed by atoms with van der Waals surface area (Å²) in [5.41, 5.74) is 1.56. The Morgan fingerprint density at radius 3 is 2.19 bits per heavy atom. The lowest BCUT2D eigenvalue weighted by Crippen LogP contribution is -2.43. The summed E-state index contributed by atoms with van der Waals surface area (Å²) in [7, 11) is 1.57. The van der Waals surface area contributed by atoms with Crippen LogP contribution in [0.2, 0.25) is 5.02 Å². The van der Waals surface area contributed by atoms with E-state index in [4.69, 9.17) is 40.9 Å². The molecule has 10 nitrogen and oxygen atoms in total. The number of amides is 1. The zero-order valence-electron chi connectivity index (χ0n) is 23.0. The Kier molecular flexibility index (Phi) is 11.9. The first kappa shape index (κ1) is 32.1. The number of aliphatic carboxylic acids is 2. The molecule has 4 rings (SSSR count). The van der Waals surface area contributed by atoms with Gasteiger partial charge in [-0.3, -0.25) is 9.69 Å². The summed E-state index contributed by atoms with van der Waals surface area (Å²) in [5.74, 6) is -2.74. The fourth-order valence-electron chi connectivity index (χ4n) is 4.28. The SMILES string of the molecule is COc1cc(NC(=O)/C=C/c2ccccc2Cl)cc(OCCN2CCC(O)(c3ccccc3)CC2)c1.O=C(O)C(=O)O. The smallest absolute Gasteiger partial charge is 0.414 e. The minimum absolute atomic E-state index is 0.284. The summed E-state index contributed by atoms with van der Waals surface area (Å²) >= 11 is 6.14. The minimum atomic E-state index is -1.82. The molecule has 1 aliphatic heterocycles. The van der Waals surface area contributed by atoms with Crippen molar-refractivity contribution in [3.63, 3.8) is 0 Å². The summed E-state index contributed by atoms with van der Waals surface area (Å²) in [6, 6.07) is 22.5. The van der Waals surface area contributed by atoms with Gasteiger partial charge in [0, 0.05) is 54.6 Å². The molecule has 1 aliphatic rings. The highest BCUT2D eigenvalue weighted by molar-refractivity contribution is 6.32. The summed E-state index contributed by atoms with van der Waals surface area (Å²) in [6.07, 6.45) is 4.49. The van der Waals surface area contributed by atoms with Crippen molar-refractivity contribution in [2.45, 2.75) is 18.4 Å². The third-order valence-corrected chi connectivity index (χ3v) is 6.90. The molecule has 1 fully saturated rings. The van der Waals surface area contributed by atoms with E-state index in [1.165, 1.54) is 6.08 Å². The maximum absolute atomic E-state index is 12.4. The lowest BCUT2D eigenvalue weighted by atomic mass is 9.84. The van der Waals surface area contributed by atoms with E-state index in [2.05, 4.69) is 10.2 Å². The van der Waals surface area contributed by atoms with E-state index in [0.29, 0.717) is 41.7 Å². The molecule has 0 bridgehead atoms. The van der Waals surface area contributed by atoms with Crippen LogP contribution >= 0.6 is 11.6 Å². The summed E-state index contributed by atoms with van der Waals surface area (Å²) in [5, 5.41) is 29.2. The highest BCUT2D eigenvalue weighted by atomic mass is 35.5. The molecule has 0 aromatic heterocycles. The van der Waals surface area contributed by atoms with Crippen LogP contribution in [-0.2, 0) is 20.0 Å².